The lowest BCUT2D eigenvalue weighted by Crippen LogP contribution is -2.63. The number of ketones is 2. The van der Waals surface area contributed by atoms with Gasteiger partial charge in [-0.3, -0.25) is 19.3 Å². The Morgan fingerprint density at radius 3 is 2.46 bits per heavy atom. The van der Waals surface area contributed by atoms with Gasteiger partial charge >= 0.3 is 0 Å². The van der Waals surface area contributed by atoms with Crippen LogP contribution in [0.15, 0.2) is 28.7 Å². The van der Waals surface area contributed by atoms with Gasteiger partial charge in [-0.2, -0.15) is 0 Å². The molecular weight excluding hydrogens is 509 g/mol. The molecule has 0 aliphatic heterocycles. The molecule has 5 rings (SSSR count). The summed E-state index contributed by atoms with van der Waals surface area (Å²) in [7, 11) is 3.10. The van der Waals surface area contributed by atoms with Crippen molar-refractivity contribution in [3.8, 4) is 5.75 Å². The zero-order valence-corrected chi connectivity index (χ0v) is 22.0. The molecule has 1 amide bonds. The molecule has 4 aliphatic rings. The second-order valence-electron chi connectivity index (χ2n) is 11.4. The standard InChI is InChI=1S/C28H34FN3O7/c1-32(2)22-16-9-12-8-15-19(17(33)10-13(21(15)29)11-31-14-6-4-3-5-7-14)23(34)18(12)25(36)28(16,39)26(37)20(24(22)35)27(30)38/h10,12,14,16,22,31,33,35-36,39H,3-9,11H2,1-2H3,(H2,30,38)/t12-,16-,22-,28-/m0/s1. The van der Waals surface area contributed by atoms with Crippen molar-refractivity contribution >= 4 is 17.5 Å². The summed E-state index contributed by atoms with van der Waals surface area (Å²) in [4.78, 5) is 40.4. The highest BCUT2D eigenvalue weighted by atomic mass is 19.1. The highest BCUT2D eigenvalue weighted by molar-refractivity contribution is 6.24. The molecule has 0 saturated heterocycles. The van der Waals surface area contributed by atoms with Gasteiger partial charge in [0, 0.05) is 35.2 Å². The average Bonchev–Trinajstić information content (AvgIpc) is 2.87. The summed E-state index contributed by atoms with van der Waals surface area (Å²) in [5.74, 6) is -8.16. The van der Waals surface area contributed by atoms with E-state index in [1.165, 1.54) is 17.4 Å². The van der Waals surface area contributed by atoms with Crippen LogP contribution < -0.4 is 11.1 Å². The van der Waals surface area contributed by atoms with Crippen molar-refractivity contribution in [3.63, 3.8) is 0 Å². The van der Waals surface area contributed by atoms with Crippen LogP contribution in [0.4, 0.5) is 4.39 Å². The van der Waals surface area contributed by atoms with Crippen LogP contribution in [0, 0.1) is 17.7 Å². The largest absolute Gasteiger partial charge is 0.510 e. The molecule has 1 fully saturated rings. The summed E-state index contributed by atoms with van der Waals surface area (Å²) >= 11 is 0. The van der Waals surface area contributed by atoms with Crippen molar-refractivity contribution in [1.29, 1.82) is 0 Å². The second-order valence-corrected chi connectivity index (χ2v) is 11.4. The minimum Gasteiger partial charge on any atom is -0.510 e. The first kappa shape index (κ1) is 27.3. The Balaban J connectivity index is 1.57. The molecular formula is C28H34FN3O7. The third-order valence-electron chi connectivity index (χ3n) is 8.92. The maximum atomic E-state index is 15.8. The van der Waals surface area contributed by atoms with Gasteiger partial charge in [0.2, 0.25) is 5.78 Å². The van der Waals surface area contributed by atoms with E-state index >= 15 is 4.39 Å². The lowest BCUT2D eigenvalue weighted by Gasteiger charge is -2.50. The van der Waals surface area contributed by atoms with Crippen LogP contribution in [0.25, 0.3) is 0 Å². The molecule has 0 radical (unpaired) electrons. The van der Waals surface area contributed by atoms with Crippen LogP contribution in [-0.2, 0) is 22.6 Å². The van der Waals surface area contributed by atoms with Crippen LogP contribution >= 0.6 is 0 Å². The quantitative estimate of drug-likeness (QED) is 0.302. The van der Waals surface area contributed by atoms with Gasteiger partial charge in [-0.25, -0.2) is 4.39 Å². The first-order valence-electron chi connectivity index (χ1n) is 13.3. The number of nitrogens with zero attached hydrogens (tertiary/aromatic N) is 1. The Hall–Kier alpha value is -3.28. The summed E-state index contributed by atoms with van der Waals surface area (Å²) in [5.41, 5.74) is 1.34. The summed E-state index contributed by atoms with van der Waals surface area (Å²) in [6.45, 7) is 0.179. The third-order valence-corrected chi connectivity index (χ3v) is 8.92. The number of hydrogen-bond acceptors (Lipinski definition) is 9. The monoisotopic (exact) mass is 543 g/mol. The van der Waals surface area contributed by atoms with Gasteiger partial charge in [-0.05, 0) is 51.8 Å². The number of Topliss-reactive ketones (excluding diaryl/α,β-unsaturated/α-hetero) is 2. The molecule has 39 heavy (non-hydrogen) atoms. The van der Waals surface area contributed by atoms with E-state index in [1.807, 2.05) is 0 Å². The first-order chi connectivity index (χ1) is 18.4. The maximum Gasteiger partial charge on any atom is 0.255 e. The van der Waals surface area contributed by atoms with Crippen LogP contribution in [0.5, 0.6) is 5.75 Å². The Morgan fingerprint density at radius 1 is 1.18 bits per heavy atom. The summed E-state index contributed by atoms with van der Waals surface area (Å²) in [6.07, 6.45) is 5.18. The van der Waals surface area contributed by atoms with Crippen molar-refractivity contribution < 1.29 is 39.2 Å². The maximum absolute atomic E-state index is 15.8. The number of aromatic hydroxyl groups is 1. The van der Waals surface area contributed by atoms with Gasteiger partial charge in [0.25, 0.3) is 5.91 Å². The highest BCUT2D eigenvalue weighted by Crippen LogP contribution is 2.52. The molecule has 0 unspecified atom stereocenters. The van der Waals surface area contributed by atoms with Gasteiger partial charge in [-0.15, -0.1) is 0 Å². The zero-order valence-electron chi connectivity index (χ0n) is 22.0. The van der Waals surface area contributed by atoms with E-state index in [-0.39, 0.29) is 47.7 Å². The summed E-state index contributed by atoms with van der Waals surface area (Å²) < 4.78 is 15.8. The smallest absolute Gasteiger partial charge is 0.255 e. The van der Waals surface area contributed by atoms with Gasteiger partial charge in [0.15, 0.2) is 11.4 Å². The number of carbonyl (C=O) groups excluding carboxylic acids is 3. The fourth-order valence-corrected chi connectivity index (χ4v) is 7.04. The first-order valence-corrected chi connectivity index (χ1v) is 13.3. The van der Waals surface area contributed by atoms with Gasteiger partial charge in [0.05, 0.1) is 11.6 Å². The Kier molecular flexibility index (Phi) is 6.80. The molecule has 1 aromatic carbocycles. The van der Waals surface area contributed by atoms with Crippen molar-refractivity contribution in [2.24, 2.45) is 17.6 Å². The second kappa shape index (κ2) is 9.72. The van der Waals surface area contributed by atoms with Gasteiger partial charge < -0.3 is 31.5 Å². The number of fused-ring (bicyclic) bond motifs is 3. The number of allylic oxidation sites excluding steroid dienone is 1. The van der Waals surface area contributed by atoms with Gasteiger partial charge in [-0.1, -0.05) is 19.3 Å². The molecule has 210 valence electrons. The van der Waals surface area contributed by atoms with Crippen LogP contribution in [0.3, 0.4) is 0 Å². The molecule has 7 N–H and O–H groups in total. The summed E-state index contributed by atoms with van der Waals surface area (Å²) in [5, 5.41) is 47.8. The molecule has 4 atom stereocenters. The predicted molar refractivity (Wildman–Crippen MR) is 137 cm³/mol. The van der Waals surface area contributed by atoms with Crippen LogP contribution in [0.1, 0.15) is 60.0 Å². The number of amides is 1. The van der Waals surface area contributed by atoms with E-state index in [0.29, 0.717) is 0 Å². The minimum atomic E-state index is -2.72. The molecule has 11 heteroatoms. The number of likely N-dealkylation sites (N-methyl/N-ethyl adjacent to an activating group) is 1. The van der Waals surface area contributed by atoms with E-state index < -0.39 is 69.6 Å². The van der Waals surface area contributed by atoms with Crippen molar-refractivity contribution in [2.75, 3.05) is 14.1 Å². The lowest BCUT2D eigenvalue weighted by molar-refractivity contribution is -0.148. The number of aliphatic hydroxyl groups excluding tert-OH is 2. The van der Waals surface area contributed by atoms with Gasteiger partial charge in [0.1, 0.15) is 28.7 Å². The van der Waals surface area contributed by atoms with Crippen LogP contribution in [0.2, 0.25) is 0 Å². The van der Waals surface area contributed by atoms with E-state index in [0.717, 1.165) is 25.7 Å². The molecule has 0 heterocycles. The van der Waals surface area contributed by atoms with E-state index in [9.17, 15) is 34.8 Å². The number of benzene rings is 1. The molecule has 1 saturated carbocycles. The fourth-order valence-electron chi connectivity index (χ4n) is 7.04. The molecule has 10 nitrogen and oxygen atoms in total. The number of phenolic OH excluding ortho intramolecular Hbond substituents is 1. The number of hydrogen-bond donors (Lipinski definition) is 6. The number of nitrogens with one attached hydrogen (secondary N) is 1. The van der Waals surface area contributed by atoms with Crippen molar-refractivity contribution in [1.82, 2.24) is 10.2 Å². The average molecular weight is 544 g/mol. The summed E-state index contributed by atoms with van der Waals surface area (Å²) in [6, 6.07) is 0.345. The number of phenols is 1. The minimum absolute atomic E-state index is 0.00793. The number of primary amides is 1. The Labute approximate surface area is 225 Å². The van der Waals surface area contributed by atoms with E-state index in [1.54, 1.807) is 14.1 Å². The highest BCUT2D eigenvalue weighted by Gasteiger charge is 2.63. The Morgan fingerprint density at radius 2 is 1.85 bits per heavy atom. The Bertz CT molecular complexity index is 1330. The predicted octanol–water partition coefficient (Wildman–Crippen LogP) is 1.68. The SMILES string of the molecule is CN(C)[C@@H]1C(O)=C(C(N)=O)C(=O)[C@@]2(O)C(O)=C3C(=O)c4c(O)cc(CNC5CCCCC5)c(F)c4C[C@H]3C[C@@H]12. The van der Waals surface area contributed by atoms with Crippen molar-refractivity contribution in [2.45, 2.75) is 69.2 Å². The van der Waals surface area contributed by atoms with Crippen LogP contribution in [-0.4, -0.2) is 74.6 Å². The number of nitrogens with two attached hydrogens (primary N) is 1. The fraction of sp³-hybridized carbons (Fsp3) is 0.536. The lowest BCUT2D eigenvalue weighted by atomic mass is 9.58. The molecule has 0 aromatic heterocycles. The molecule has 0 bridgehead atoms. The third kappa shape index (κ3) is 4.06. The normalized spacial score (nSPS) is 29.4. The number of aliphatic hydroxyl groups is 3. The van der Waals surface area contributed by atoms with Crippen molar-refractivity contribution in [3.05, 3.63) is 51.2 Å². The number of carbonyl (C=O) groups is 3. The topological polar surface area (TPSA) is 173 Å². The number of halogens is 1. The molecule has 0 spiro atoms. The molecule has 4 aliphatic carbocycles. The zero-order chi connectivity index (χ0) is 28.4. The molecule has 1 aromatic rings. The van der Waals surface area contributed by atoms with E-state index in [2.05, 4.69) is 5.32 Å². The number of rotatable bonds is 5. The van der Waals surface area contributed by atoms with E-state index in [4.69, 9.17) is 5.73 Å².